The number of pyridine rings is 1. The molecule has 9 heteroatoms. The maximum Gasteiger partial charge on any atom is 0.247 e. The third-order valence-corrected chi connectivity index (χ3v) is 6.50. The highest BCUT2D eigenvalue weighted by molar-refractivity contribution is 5.95. The van der Waals surface area contributed by atoms with Crippen LogP contribution < -0.4 is 10.6 Å². The average Bonchev–Trinajstić information content (AvgIpc) is 3.38. The zero-order chi connectivity index (χ0) is 27.9. The molecule has 0 aliphatic carbocycles. The Balaban J connectivity index is 1.45. The van der Waals surface area contributed by atoms with Crippen molar-refractivity contribution in [2.45, 2.75) is 32.4 Å². The highest BCUT2D eigenvalue weighted by Crippen LogP contribution is 2.22. The zero-order valence-corrected chi connectivity index (χ0v) is 22.6. The molecule has 2 heterocycles. The second-order valence-corrected chi connectivity index (χ2v) is 9.84. The van der Waals surface area contributed by atoms with Gasteiger partial charge in [0.05, 0.1) is 6.20 Å². The highest BCUT2D eigenvalue weighted by atomic mass is 19.1. The lowest BCUT2D eigenvalue weighted by molar-refractivity contribution is -0.129. The molecule has 0 saturated heterocycles. The molecule has 39 heavy (non-hydrogen) atoms. The van der Waals surface area contributed by atoms with Crippen molar-refractivity contribution in [2.24, 2.45) is 0 Å². The predicted molar refractivity (Wildman–Crippen MR) is 150 cm³/mol. The van der Waals surface area contributed by atoms with Gasteiger partial charge in [-0.1, -0.05) is 48.9 Å². The number of likely N-dealkylation sites (N-methyl/N-ethyl adjacent to an activating group) is 1. The molecule has 0 aliphatic heterocycles. The summed E-state index contributed by atoms with van der Waals surface area (Å²) in [5.41, 5.74) is 4.46. The second-order valence-electron chi connectivity index (χ2n) is 9.84. The van der Waals surface area contributed by atoms with Crippen LogP contribution >= 0.6 is 0 Å². The van der Waals surface area contributed by atoms with Crippen LogP contribution in [0.5, 0.6) is 0 Å². The lowest BCUT2D eigenvalue weighted by Gasteiger charge is -2.21. The van der Waals surface area contributed by atoms with E-state index in [0.29, 0.717) is 17.9 Å². The van der Waals surface area contributed by atoms with Gasteiger partial charge in [-0.2, -0.15) is 5.10 Å². The Kier molecular flexibility index (Phi) is 8.83. The Bertz CT molecular complexity index is 1420. The molecule has 2 aromatic carbocycles. The van der Waals surface area contributed by atoms with E-state index in [9.17, 15) is 14.0 Å². The SMILES string of the molecule is Cc1ccc([C@H](C)CN[C@@H](C(=O)Nc2ccc(-c3cnn(CC(=O)N(C)C)c3)cn2)c2cccc(F)c2)cc1. The summed E-state index contributed by atoms with van der Waals surface area (Å²) >= 11 is 0. The Hall–Kier alpha value is -4.37. The fourth-order valence-corrected chi connectivity index (χ4v) is 4.07. The van der Waals surface area contributed by atoms with E-state index in [1.165, 1.54) is 22.6 Å². The van der Waals surface area contributed by atoms with Gasteiger partial charge in [0.2, 0.25) is 11.8 Å². The first kappa shape index (κ1) is 27.7. The van der Waals surface area contributed by atoms with Gasteiger partial charge >= 0.3 is 0 Å². The van der Waals surface area contributed by atoms with Crippen LogP contribution in [-0.4, -0.2) is 52.1 Å². The van der Waals surface area contributed by atoms with E-state index in [2.05, 4.69) is 51.9 Å². The summed E-state index contributed by atoms with van der Waals surface area (Å²) in [7, 11) is 3.39. The predicted octanol–water partition coefficient (Wildman–Crippen LogP) is 4.55. The molecule has 0 bridgehead atoms. The van der Waals surface area contributed by atoms with Gasteiger partial charge in [0.1, 0.15) is 24.2 Å². The van der Waals surface area contributed by atoms with Gasteiger partial charge in [0.25, 0.3) is 0 Å². The van der Waals surface area contributed by atoms with Crippen molar-refractivity contribution in [1.82, 2.24) is 25.0 Å². The number of carbonyl (C=O) groups excluding carboxylic acids is 2. The first-order valence-electron chi connectivity index (χ1n) is 12.7. The first-order valence-corrected chi connectivity index (χ1v) is 12.7. The van der Waals surface area contributed by atoms with Crippen LogP contribution in [0.1, 0.15) is 35.6 Å². The van der Waals surface area contributed by atoms with Crippen LogP contribution in [-0.2, 0) is 16.1 Å². The molecule has 0 spiro atoms. The molecule has 4 rings (SSSR count). The summed E-state index contributed by atoms with van der Waals surface area (Å²) in [4.78, 5) is 31.2. The molecule has 4 aromatic rings. The minimum Gasteiger partial charge on any atom is -0.347 e. The number of benzene rings is 2. The van der Waals surface area contributed by atoms with Crippen molar-refractivity contribution < 1.29 is 14.0 Å². The normalized spacial score (nSPS) is 12.5. The maximum absolute atomic E-state index is 14.0. The monoisotopic (exact) mass is 528 g/mol. The first-order chi connectivity index (χ1) is 18.7. The molecule has 0 saturated carbocycles. The zero-order valence-electron chi connectivity index (χ0n) is 22.6. The lowest BCUT2D eigenvalue weighted by Crippen LogP contribution is -2.35. The van der Waals surface area contributed by atoms with Crippen molar-refractivity contribution >= 4 is 17.6 Å². The summed E-state index contributed by atoms with van der Waals surface area (Å²) < 4.78 is 15.6. The van der Waals surface area contributed by atoms with Gasteiger partial charge in [0.15, 0.2) is 0 Å². The van der Waals surface area contributed by atoms with Crippen molar-refractivity contribution in [3.05, 3.63) is 102 Å². The molecular weight excluding hydrogens is 495 g/mol. The molecule has 0 fully saturated rings. The number of rotatable bonds is 10. The number of aryl methyl sites for hydroxylation is 1. The number of carbonyl (C=O) groups is 2. The van der Waals surface area contributed by atoms with E-state index in [4.69, 9.17) is 0 Å². The van der Waals surface area contributed by atoms with E-state index < -0.39 is 11.9 Å². The molecule has 2 N–H and O–H groups in total. The van der Waals surface area contributed by atoms with Crippen LogP contribution in [0, 0.1) is 12.7 Å². The van der Waals surface area contributed by atoms with Crippen molar-refractivity contribution in [1.29, 1.82) is 0 Å². The summed E-state index contributed by atoms with van der Waals surface area (Å²) in [5, 5.41) is 10.4. The standard InChI is InChI=1S/C30H33FN6O2/c1-20-8-10-22(11-9-20)21(2)15-33-29(23-6-5-7-26(31)14-23)30(39)35-27-13-12-24(16-32-27)25-17-34-37(18-25)19-28(38)36(3)4/h5-14,16-18,21,29,33H,15,19H2,1-4H3,(H,32,35,39)/t21-,29-/m1/s1. The van der Waals surface area contributed by atoms with Gasteiger partial charge in [0, 0.05) is 44.2 Å². The number of nitrogens with zero attached hydrogens (tertiary/aromatic N) is 4. The Morgan fingerprint density at radius 1 is 1.00 bits per heavy atom. The number of halogens is 1. The molecule has 202 valence electrons. The number of anilines is 1. The summed E-state index contributed by atoms with van der Waals surface area (Å²) in [6.45, 7) is 4.78. The fourth-order valence-electron chi connectivity index (χ4n) is 4.07. The minimum atomic E-state index is -0.775. The second kappa shape index (κ2) is 12.4. The minimum absolute atomic E-state index is 0.0597. The molecule has 2 atom stereocenters. The molecule has 0 aliphatic rings. The molecule has 8 nitrogen and oxygen atoms in total. The molecule has 0 unspecified atom stereocenters. The van der Waals surface area contributed by atoms with Crippen LogP contribution in [0.25, 0.3) is 11.1 Å². The Morgan fingerprint density at radius 2 is 1.77 bits per heavy atom. The summed E-state index contributed by atoms with van der Waals surface area (Å²) in [6, 6.07) is 17.1. The number of amides is 2. The summed E-state index contributed by atoms with van der Waals surface area (Å²) in [5.74, 6) is -0.300. The van der Waals surface area contributed by atoms with E-state index >= 15 is 0 Å². The Labute approximate surface area is 227 Å². The van der Waals surface area contributed by atoms with E-state index in [-0.39, 0.29) is 24.3 Å². The molecule has 2 amide bonds. The van der Waals surface area contributed by atoms with Crippen LogP contribution in [0.3, 0.4) is 0 Å². The topological polar surface area (TPSA) is 92.2 Å². The fraction of sp³-hybridized carbons (Fsp3) is 0.267. The van der Waals surface area contributed by atoms with Gasteiger partial charge in [-0.3, -0.25) is 14.3 Å². The summed E-state index contributed by atoms with van der Waals surface area (Å²) in [6.07, 6.45) is 5.07. The Morgan fingerprint density at radius 3 is 2.44 bits per heavy atom. The van der Waals surface area contributed by atoms with Crippen molar-refractivity contribution in [3.8, 4) is 11.1 Å². The number of nitrogens with one attached hydrogen (secondary N) is 2. The third-order valence-electron chi connectivity index (χ3n) is 6.50. The van der Waals surface area contributed by atoms with Crippen molar-refractivity contribution in [2.75, 3.05) is 26.0 Å². The van der Waals surface area contributed by atoms with Crippen LogP contribution in [0.15, 0.2) is 79.3 Å². The molecule has 2 aromatic heterocycles. The van der Waals surface area contributed by atoms with Crippen LogP contribution in [0.4, 0.5) is 10.2 Å². The maximum atomic E-state index is 14.0. The third kappa shape index (κ3) is 7.36. The molecular formula is C30H33FN6O2. The van der Waals surface area contributed by atoms with E-state index in [1.54, 1.807) is 55.6 Å². The van der Waals surface area contributed by atoms with Crippen LogP contribution in [0.2, 0.25) is 0 Å². The van der Waals surface area contributed by atoms with E-state index in [0.717, 1.165) is 16.7 Å². The number of aromatic nitrogens is 3. The van der Waals surface area contributed by atoms with E-state index in [1.807, 2.05) is 13.0 Å². The number of hydrogen-bond donors (Lipinski definition) is 2. The van der Waals surface area contributed by atoms with Gasteiger partial charge in [-0.15, -0.1) is 0 Å². The number of hydrogen-bond acceptors (Lipinski definition) is 5. The van der Waals surface area contributed by atoms with Gasteiger partial charge < -0.3 is 15.5 Å². The highest BCUT2D eigenvalue weighted by Gasteiger charge is 2.22. The molecule has 0 radical (unpaired) electrons. The average molecular weight is 529 g/mol. The largest absolute Gasteiger partial charge is 0.347 e. The smallest absolute Gasteiger partial charge is 0.247 e. The lowest BCUT2D eigenvalue weighted by atomic mass is 9.98. The quantitative estimate of drug-likeness (QED) is 0.315. The van der Waals surface area contributed by atoms with Gasteiger partial charge in [-0.25, -0.2) is 9.37 Å². The van der Waals surface area contributed by atoms with Crippen molar-refractivity contribution in [3.63, 3.8) is 0 Å². The van der Waals surface area contributed by atoms with Gasteiger partial charge in [-0.05, 0) is 48.2 Å².